The number of fused-ring (bicyclic) bond motifs is 1. The summed E-state index contributed by atoms with van der Waals surface area (Å²) in [5, 5.41) is 4.45. The number of unbranched alkanes of at least 4 members (excludes halogenated alkanes) is 1. The number of benzene rings is 3. The molecule has 2 heterocycles. The fourth-order valence-corrected chi connectivity index (χ4v) is 6.72. The number of piperazine rings is 1. The molecule has 216 valence electrons. The number of ether oxygens (including phenoxy) is 1. The van der Waals surface area contributed by atoms with Gasteiger partial charge >= 0.3 is 0 Å². The molecular formula is C32H39N5O3S. The fraction of sp³-hybridized carbons (Fsp3) is 0.375. The van der Waals surface area contributed by atoms with E-state index in [4.69, 9.17) is 14.7 Å². The Hall–Kier alpha value is -3.53. The van der Waals surface area contributed by atoms with E-state index in [0.717, 1.165) is 47.3 Å². The van der Waals surface area contributed by atoms with Crippen molar-refractivity contribution in [3.63, 3.8) is 0 Å². The van der Waals surface area contributed by atoms with Crippen LogP contribution in [0.1, 0.15) is 49.7 Å². The largest absolute Gasteiger partial charge is 0.496 e. The monoisotopic (exact) mass is 573 g/mol. The molecule has 0 spiro atoms. The Kier molecular flexibility index (Phi) is 9.17. The second kappa shape index (κ2) is 13.0. The number of aryl methyl sites for hydroxylation is 1. The molecule has 1 aliphatic heterocycles. The van der Waals surface area contributed by atoms with Gasteiger partial charge in [-0.3, -0.25) is 4.90 Å². The van der Waals surface area contributed by atoms with Crippen LogP contribution >= 0.6 is 0 Å². The zero-order valence-corrected chi connectivity index (χ0v) is 24.9. The highest BCUT2D eigenvalue weighted by Crippen LogP contribution is 2.28. The molecule has 0 radical (unpaired) electrons. The number of hydrogen-bond donors (Lipinski definition) is 1. The van der Waals surface area contributed by atoms with Crippen molar-refractivity contribution in [1.29, 1.82) is 0 Å². The van der Waals surface area contributed by atoms with E-state index < -0.39 is 10.0 Å². The Morgan fingerprint density at radius 1 is 0.927 bits per heavy atom. The molecule has 1 aromatic heterocycles. The van der Waals surface area contributed by atoms with Crippen LogP contribution in [0.2, 0.25) is 0 Å². The smallest absolute Gasteiger partial charge is 0.243 e. The number of para-hydroxylation sites is 2. The highest BCUT2D eigenvalue weighted by Gasteiger charge is 2.31. The number of methoxy groups -OCH3 is 1. The quantitative estimate of drug-likeness (QED) is 0.248. The molecule has 0 saturated carbocycles. The lowest BCUT2D eigenvalue weighted by atomic mass is 10.1. The molecule has 41 heavy (non-hydrogen) atoms. The molecule has 0 aliphatic carbocycles. The van der Waals surface area contributed by atoms with Gasteiger partial charge in [0.25, 0.3) is 0 Å². The summed E-state index contributed by atoms with van der Waals surface area (Å²) in [5.74, 6) is 2.31. The Bertz CT molecular complexity index is 1570. The number of anilines is 1. The lowest BCUT2D eigenvalue weighted by molar-refractivity contribution is 0.141. The normalized spacial score (nSPS) is 15.6. The van der Waals surface area contributed by atoms with Crippen LogP contribution in [0, 0.1) is 0 Å². The van der Waals surface area contributed by atoms with Crippen LogP contribution in [0.25, 0.3) is 10.9 Å². The molecule has 9 heteroatoms. The third kappa shape index (κ3) is 6.53. The van der Waals surface area contributed by atoms with E-state index in [1.54, 1.807) is 23.5 Å². The summed E-state index contributed by atoms with van der Waals surface area (Å²) < 4.78 is 33.8. The Balaban J connectivity index is 1.29. The predicted molar refractivity (Wildman–Crippen MR) is 164 cm³/mol. The molecule has 5 rings (SSSR count). The summed E-state index contributed by atoms with van der Waals surface area (Å²) in [7, 11) is -1.86. The molecule has 1 aliphatic rings. The molecule has 1 saturated heterocycles. The van der Waals surface area contributed by atoms with Gasteiger partial charge in [0.2, 0.25) is 10.0 Å². The highest BCUT2D eigenvalue weighted by molar-refractivity contribution is 7.89. The average Bonchev–Trinajstić information content (AvgIpc) is 3.02. The van der Waals surface area contributed by atoms with E-state index in [1.807, 2.05) is 60.7 Å². The molecule has 0 unspecified atom stereocenters. The number of nitrogens with zero attached hydrogens (tertiary/aromatic N) is 4. The van der Waals surface area contributed by atoms with Crippen LogP contribution in [0.3, 0.4) is 0 Å². The molecule has 4 aromatic rings. The molecule has 3 aromatic carbocycles. The molecule has 0 amide bonds. The topological polar surface area (TPSA) is 87.7 Å². The third-order valence-corrected chi connectivity index (χ3v) is 9.75. The van der Waals surface area contributed by atoms with E-state index in [-0.39, 0.29) is 6.04 Å². The van der Waals surface area contributed by atoms with Crippen LogP contribution in [0.15, 0.2) is 77.7 Å². The number of sulfonamides is 1. The van der Waals surface area contributed by atoms with Crippen LogP contribution in [0.4, 0.5) is 5.82 Å². The van der Waals surface area contributed by atoms with Crippen molar-refractivity contribution in [1.82, 2.24) is 19.2 Å². The van der Waals surface area contributed by atoms with Gasteiger partial charge in [-0.15, -0.1) is 0 Å². The van der Waals surface area contributed by atoms with E-state index in [1.165, 1.54) is 5.56 Å². The summed E-state index contributed by atoms with van der Waals surface area (Å²) in [6.07, 6.45) is 3.20. The van der Waals surface area contributed by atoms with Gasteiger partial charge in [0.05, 0.1) is 23.6 Å². The molecule has 1 atom stereocenters. The standard InChI is InChI=1S/C32H39N5O3S/c1-4-5-10-25-15-17-27(18-16-25)41(38,39)37-21-19-36(20-22-37)24(2)31-34-29-13-8-7-12-28(29)32(35-31)33-23-26-11-6-9-14-30(26)40-3/h6-9,11-18,24H,4-5,10,19-23H2,1-3H3,(H,33,34,35)/t24-/m0/s1. The summed E-state index contributed by atoms with van der Waals surface area (Å²) in [6.45, 7) is 6.88. The summed E-state index contributed by atoms with van der Waals surface area (Å²) in [6, 6.07) is 23.2. The maximum absolute atomic E-state index is 13.4. The van der Waals surface area contributed by atoms with Crippen LogP contribution in [-0.2, 0) is 23.0 Å². The van der Waals surface area contributed by atoms with E-state index >= 15 is 0 Å². The Morgan fingerprint density at radius 2 is 1.63 bits per heavy atom. The maximum Gasteiger partial charge on any atom is 0.243 e. The lowest BCUT2D eigenvalue weighted by Gasteiger charge is -2.37. The number of aromatic nitrogens is 2. The number of hydrogen-bond acceptors (Lipinski definition) is 7. The SMILES string of the molecule is CCCCc1ccc(S(=O)(=O)N2CCN([C@@H](C)c3nc(NCc4ccccc4OC)c4ccccc4n3)CC2)cc1. The van der Waals surface area contributed by atoms with Gasteiger partial charge in [-0.2, -0.15) is 4.31 Å². The van der Waals surface area contributed by atoms with Crippen LogP contribution in [-0.4, -0.2) is 60.9 Å². The Labute approximate surface area is 243 Å². The highest BCUT2D eigenvalue weighted by atomic mass is 32.2. The summed E-state index contributed by atoms with van der Waals surface area (Å²) >= 11 is 0. The zero-order chi connectivity index (χ0) is 28.8. The molecule has 1 N–H and O–H groups in total. The van der Waals surface area contributed by atoms with Crippen molar-refractivity contribution in [2.24, 2.45) is 0 Å². The first kappa shape index (κ1) is 29.0. The predicted octanol–water partition coefficient (Wildman–Crippen LogP) is 5.66. The van der Waals surface area contributed by atoms with Crippen molar-refractivity contribution < 1.29 is 13.2 Å². The number of nitrogens with one attached hydrogen (secondary N) is 1. The van der Waals surface area contributed by atoms with Gasteiger partial charge in [-0.05, 0) is 55.7 Å². The first-order valence-corrected chi connectivity index (χ1v) is 15.8. The first-order valence-electron chi connectivity index (χ1n) is 14.4. The molecule has 0 bridgehead atoms. The minimum absolute atomic E-state index is 0.0749. The number of rotatable bonds is 11. The van der Waals surface area contributed by atoms with E-state index in [0.29, 0.717) is 43.4 Å². The summed E-state index contributed by atoms with van der Waals surface area (Å²) in [5.41, 5.74) is 3.09. The van der Waals surface area contributed by atoms with Crippen LogP contribution < -0.4 is 10.1 Å². The van der Waals surface area contributed by atoms with Gasteiger partial charge in [-0.25, -0.2) is 18.4 Å². The van der Waals surface area contributed by atoms with Gasteiger partial charge in [0.15, 0.2) is 0 Å². The van der Waals surface area contributed by atoms with Crippen molar-refractivity contribution in [3.8, 4) is 5.75 Å². The zero-order valence-electron chi connectivity index (χ0n) is 24.1. The minimum atomic E-state index is -3.53. The second-order valence-electron chi connectivity index (χ2n) is 10.5. The third-order valence-electron chi connectivity index (χ3n) is 7.83. The van der Waals surface area contributed by atoms with E-state index in [2.05, 4.69) is 24.1 Å². The van der Waals surface area contributed by atoms with Crippen molar-refractivity contribution in [3.05, 3.63) is 89.7 Å². The second-order valence-corrected chi connectivity index (χ2v) is 12.4. The molecular weight excluding hydrogens is 534 g/mol. The van der Waals surface area contributed by atoms with Crippen molar-refractivity contribution >= 4 is 26.7 Å². The maximum atomic E-state index is 13.4. The van der Waals surface area contributed by atoms with E-state index in [9.17, 15) is 8.42 Å². The fourth-order valence-electron chi connectivity index (χ4n) is 5.30. The van der Waals surface area contributed by atoms with Gasteiger partial charge in [0.1, 0.15) is 17.4 Å². The van der Waals surface area contributed by atoms with Gasteiger partial charge in [0, 0.05) is 43.7 Å². The average molecular weight is 574 g/mol. The first-order chi connectivity index (χ1) is 19.9. The summed E-state index contributed by atoms with van der Waals surface area (Å²) in [4.78, 5) is 12.5. The lowest BCUT2D eigenvalue weighted by Crippen LogP contribution is -2.49. The van der Waals surface area contributed by atoms with Gasteiger partial charge in [-0.1, -0.05) is 55.8 Å². The Morgan fingerprint density at radius 3 is 2.37 bits per heavy atom. The van der Waals surface area contributed by atoms with Crippen LogP contribution in [0.5, 0.6) is 5.75 Å². The molecule has 1 fully saturated rings. The van der Waals surface area contributed by atoms with Gasteiger partial charge < -0.3 is 10.1 Å². The molecule has 8 nitrogen and oxygen atoms in total. The van der Waals surface area contributed by atoms with Crippen molar-refractivity contribution in [2.45, 2.75) is 50.6 Å². The van der Waals surface area contributed by atoms with Crippen molar-refractivity contribution in [2.75, 3.05) is 38.6 Å². The minimum Gasteiger partial charge on any atom is -0.496 e.